The Morgan fingerprint density at radius 2 is 1.92 bits per heavy atom. The quantitative estimate of drug-likeness (QED) is 0.780. The van der Waals surface area contributed by atoms with Gasteiger partial charge in [0.05, 0.1) is 13.7 Å². The van der Waals surface area contributed by atoms with Crippen molar-refractivity contribution in [2.45, 2.75) is 44.1 Å². The number of carbonyl (C=O) groups excluding carboxylic acids is 1. The Morgan fingerprint density at radius 1 is 1.25 bits per heavy atom. The molecule has 0 bridgehead atoms. The highest BCUT2D eigenvalue weighted by Gasteiger charge is 2.45. The number of rotatable bonds is 2. The van der Waals surface area contributed by atoms with E-state index in [2.05, 4.69) is 24.0 Å². The van der Waals surface area contributed by atoms with Crippen molar-refractivity contribution >= 4 is 5.97 Å². The molecule has 2 aliphatic heterocycles. The molecular formula is C19H25NO4. The number of fused-ring (bicyclic) bond motifs is 3. The molecule has 1 aromatic rings. The van der Waals surface area contributed by atoms with Crippen molar-refractivity contribution in [3.8, 4) is 11.5 Å². The van der Waals surface area contributed by atoms with E-state index in [1.807, 2.05) is 0 Å². The van der Waals surface area contributed by atoms with Gasteiger partial charge >= 0.3 is 5.97 Å². The average Bonchev–Trinajstić information content (AvgIpc) is 3.07. The van der Waals surface area contributed by atoms with E-state index in [0.29, 0.717) is 19.8 Å². The van der Waals surface area contributed by atoms with Crippen molar-refractivity contribution in [3.05, 3.63) is 23.3 Å². The third-order valence-corrected chi connectivity index (χ3v) is 5.91. The molecule has 1 saturated carbocycles. The molecule has 24 heavy (non-hydrogen) atoms. The fourth-order valence-corrected chi connectivity index (χ4v) is 4.62. The lowest BCUT2D eigenvalue weighted by Crippen LogP contribution is -2.48. The van der Waals surface area contributed by atoms with Crippen LogP contribution >= 0.6 is 0 Å². The maximum Gasteiger partial charge on any atom is 0.319 e. The number of esters is 1. The number of hydrogen-bond acceptors (Lipinski definition) is 5. The van der Waals surface area contributed by atoms with Gasteiger partial charge in [0.25, 0.3) is 0 Å². The maximum absolute atomic E-state index is 11.9. The van der Waals surface area contributed by atoms with Gasteiger partial charge in [0, 0.05) is 18.0 Å². The van der Waals surface area contributed by atoms with Crippen molar-refractivity contribution in [3.63, 3.8) is 0 Å². The minimum atomic E-state index is -0.170. The van der Waals surface area contributed by atoms with Crippen molar-refractivity contribution in [2.75, 3.05) is 33.4 Å². The van der Waals surface area contributed by atoms with Crippen LogP contribution < -0.4 is 9.47 Å². The highest BCUT2D eigenvalue weighted by molar-refractivity contribution is 5.71. The lowest BCUT2D eigenvalue weighted by atomic mass is 9.71. The molecule has 5 nitrogen and oxygen atoms in total. The van der Waals surface area contributed by atoms with Crippen LogP contribution in [0.5, 0.6) is 11.5 Å². The zero-order chi connectivity index (χ0) is 16.7. The van der Waals surface area contributed by atoms with Crippen molar-refractivity contribution < 1.29 is 19.0 Å². The first-order chi connectivity index (χ1) is 11.6. The van der Waals surface area contributed by atoms with Crippen LogP contribution in [0.25, 0.3) is 0 Å². The van der Waals surface area contributed by atoms with Crippen LogP contribution in [0.4, 0.5) is 0 Å². The summed E-state index contributed by atoms with van der Waals surface area (Å²) in [6.45, 7) is 4.63. The lowest BCUT2D eigenvalue weighted by Gasteiger charge is -2.46. The summed E-state index contributed by atoms with van der Waals surface area (Å²) in [7, 11) is 1.46. The van der Waals surface area contributed by atoms with Crippen LogP contribution in [0.3, 0.4) is 0 Å². The van der Waals surface area contributed by atoms with Crippen LogP contribution in [0.1, 0.15) is 49.8 Å². The third kappa shape index (κ3) is 2.46. The van der Waals surface area contributed by atoms with Gasteiger partial charge in [-0.15, -0.1) is 0 Å². The first-order valence-electron chi connectivity index (χ1n) is 8.88. The van der Waals surface area contributed by atoms with E-state index in [-0.39, 0.29) is 17.4 Å². The summed E-state index contributed by atoms with van der Waals surface area (Å²) in [6.07, 6.45) is 4.83. The summed E-state index contributed by atoms with van der Waals surface area (Å²) in [5.41, 5.74) is 2.81. The largest absolute Gasteiger partial charge is 0.486 e. The Balaban J connectivity index is 1.78. The van der Waals surface area contributed by atoms with Gasteiger partial charge in [0.2, 0.25) is 0 Å². The van der Waals surface area contributed by atoms with Crippen molar-refractivity contribution in [1.29, 1.82) is 0 Å². The average molecular weight is 331 g/mol. The highest BCUT2D eigenvalue weighted by Crippen LogP contribution is 2.51. The minimum Gasteiger partial charge on any atom is -0.486 e. The number of methoxy groups -OCH3 is 1. The van der Waals surface area contributed by atoms with E-state index in [0.717, 1.165) is 18.0 Å². The SMILES string of the molecule is COC(=O)CN1CC2(CCCC2)c2cc3c(cc2C1C)OCCO3. The minimum absolute atomic E-state index is 0.131. The van der Waals surface area contributed by atoms with Crippen molar-refractivity contribution in [1.82, 2.24) is 4.90 Å². The summed E-state index contributed by atoms with van der Waals surface area (Å²) in [4.78, 5) is 14.1. The van der Waals surface area contributed by atoms with E-state index in [1.54, 1.807) is 0 Å². The van der Waals surface area contributed by atoms with Gasteiger partial charge < -0.3 is 14.2 Å². The van der Waals surface area contributed by atoms with E-state index in [9.17, 15) is 4.79 Å². The van der Waals surface area contributed by atoms with E-state index in [4.69, 9.17) is 14.2 Å². The molecule has 1 fully saturated rings. The summed E-state index contributed by atoms with van der Waals surface area (Å²) in [5, 5.41) is 0. The molecule has 0 aromatic heterocycles. The second-order valence-corrected chi connectivity index (χ2v) is 7.23. The molecule has 1 unspecified atom stereocenters. The summed E-state index contributed by atoms with van der Waals surface area (Å²) in [6, 6.07) is 4.51. The first-order valence-corrected chi connectivity index (χ1v) is 8.88. The number of ether oxygens (including phenoxy) is 3. The molecule has 2 heterocycles. The molecule has 5 heteroatoms. The fraction of sp³-hybridized carbons (Fsp3) is 0.632. The fourth-order valence-electron chi connectivity index (χ4n) is 4.62. The molecule has 4 rings (SSSR count). The van der Waals surface area contributed by atoms with E-state index in [1.165, 1.54) is 43.9 Å². The Morgan fingerprint density at radius 3 is 2.58 bits per heavy atom. The van der Waals surface area contributed by atoms with Gasteiger partial charge in [-0.25, -0.2) is 0 Å². The normalized spacial score (nSPS) is 24.7. The zero-order valence-corrected chi connectivity index (χ0v) is 14.5. The standard InChI is InChI=1S/C19H25NO4/c1-13-14-9-16-17(24-8-7-23-16)10-15(14)19(5-3-4-6-19)12-20(13)11-18(21)22-2/h9-10,13H,3-8,11-12H2,1-2H3. The molecule has 1 spiro atoms. The Bertz CT molecular complexity index is 651. The second kappa shape index (κ2) is 5.96. The molecule has 1 aliphatic carbocycles. The number of hydrogen-bond donors (Lipinski definition) is 0. The van der Waals surface area contributed by atoms with Gasteiger partial charge in [-0.3, -0.25) is 9.69 Å². The number of carbonyl (C=O) groups is 1. The molecule has 1 atom stereocenters. The van der Waals surface area contributed by atoms with Crippen LogP contribution in [0.2, 0.25) is 0 Å². The molecule has 0 amide bonds. The van der Waals surface area contributed by atoms with Gasteiger partial charge in [0.15, 0.2) is 11.5 Å². The smallest absolute Gasteiger partial charge is 0.319 e. The van der Waals surface area contributed by atoms with Gasteiger partial charge in [0.1, 0.15) is 13.2 Å². The predicted octanol–water partition coefficient (Wildman–Crippen LogP) is 2.82. The van der Waals surface area contributed by atoms with E-state index >= 15 is 0 Å². The van der Waals surface area contributed by atoms with Crippen LogP contribution in [-0.2, 0) is 14.9 Å². The molecule has 0 radical (unpaired) electrons. The molecule has 130 valence electrons. The highest BCUT2D eigenvalue weighted by atomic mass is 16.6. The second-order valence-electron chi connectivity index (χ2n) is 7.23. The monoisotopic (exact) mass is 331 g/mol. The van der Waals surface area contributed by atoms with Gasteiger partial charge in [-0.05, 0) is 43.0 Å². The predicted molar refractivity (Wildman–Crippen MR) is 89.6 cm³/mol. The Hall–Kier alpha value is -1.75. The first kappa shape index (κ1) is 15.8. The van der Waals surface area contributed by atoms with Crippen LogP contribution in [0.15, 0.2) is 12.1 Å². The Labute approximate surface area is 142 Å². The Kier molecular flexibility index (Phi) is 3.91. The molecule has 0 N–H and O–H groups in total. The lowest BCUT2D eigenvalue weighted by molar-refractivity contribution is -0.143. The zero-order valence-electron chi connectivity index (χ0n) is 14.5. The molecule has 3 aliphatic rings. The van der Waals surface area contributed by atoms with Crippen LogP contribution in [0, 0.1) is 0 Å². The number of benzene rings is 1. The third-order valence-electron chi connectivity index (χ3n) is 5.91. The molecule has 1 aromatic carbocycles. The van der Waals surface area contributed by atoms with Gasteiger partial charge in [-0.2, -0.15) is 0 Å². The summed E-state index contributed by atoms with van der Waals surface area (Å²) in [5.74, 6) is 1.54. The van der Waals surface area contributed by atoms with Crippen molar-refractivity contribution in [2.24, 2.45) is 0 Å². The topological polar surface area (TPSA) is 48.0 Å². The maximum atomic E-state index is 11.9. The van der Waals surface area contributed by atoms with Gasteiger partial charge in [-0.1, -0.05) is 12.8 Å². The van der Waals surface area contributed by atoms with Crippen LogP contribution in [-0.4, -0.2) is 44.3 Å². The molecule has 0 saturated heterocycles. The summed E-state index contributed by atoms with van der Waals surface area (Å²) < 4.78 is 16.5. The molecular weight excluding hydrogens is 306 g/mol. The van der Waals surface area contributed by atoms with E-state index < -0.39 is 0 Å². The number of nitrogens with zero attached hydrogens (tertiary/aromatic N) is 1. The summed E-state index contributed by atoms with van der Waals surface area (Å²) >= 11 is 0.